The Bertz CT molecular complexity index is 302. The van der Waals surface area contributed by atoms with E-state index in [2.05, 4.69) is 35.6 Å². The lowest BCUT2D eigenvalue weighted by molar-refractivity contribution is 0.143. The molecule has 0 aromatic heterocycles. The van der Waals surface area contributed by atoms with Gasteiger partial charge in [0.1, 0.15) is 0 Å². The number of nitrogens with one attached hydrogen (secondary N) is 1. The fourth-order valence-corrected chi connectivity index (χ4v) is 1.99. The third kappa shape index (κ3) is 3.30. The van der Waals surface area contributed by atoms with Crippen LogP contribution in [0.2, 0.25) is 0 Å². The highest BCUT2D eigenvalue weighted by atomic mass is 16.5. The molecule has 3 nitrogen and oxygen atoms in total. The monoisotopic (exact) mass is 220 g/mol. The summed E-state index contributed by atoms with van der Waals surface area (Å²) in [6, 6.07) is 11.3. The first-order valence-electron chi connectivity index (χ1n) is 5.98. The van der Waals surface area contributed by atoms with Crippen LogP contribution in [-0.4, -0.2) is 32.3 Å². The SMILES string of the molecule is NCCOCCNC1CC1c1ccccc1. The molecule has 2 atom stereocenters. The molecule has 0 aliphatic heterocycles. The average molecular weight is 220 g/mol. The molecule has 1 aromatic rings. The van der Waals surface area contributed by atoms with Crippen molar-refractivity contribution in [2.75, 3.05) is 26.3 Å². The Morgan fingerprint density at radius 1 is 1.25 bits per heavy atom. The van der Waals surface area contributed by atoms with Gasteiger partial charge in [0, 0.05) is 25.0 Å². The third-order valence-electron chi connectivity index (χ3n) is 2.93. The van der Waals surface area contributed by atoms with E-state index in [0.717, 1.165) is 13.2 Å². The fourth-order valence-electron chi connectivity index (χ4n) is 1.99. The predicted octanol–water partition coefficient (Wildman–Crippen LogP) is 1.11. The summed E-state index contributed by atoms with van der Waals surface area (Å²) < 4.78 is 5.31. The standard InChI is InChI=1S/C13H20N2O/c14-6-8-16-9-7-15-13-10-12(13)11-4-2-1-3-5-11/h1-5,12-13,15H,6-10,14H2. The molecule has 1 aromatic carbocycles. The third-order valence-corrected chi connectivity index (χ3v) is 2.93. The maximum atomic E-state index is 5.34. The molecule has 16 heavy (non-hydrogen) atoms. The summed E-state index contributed by atoms with van der Waals surface area (Å²) in [7, 11) is 0. The predicted molar refractivity (Wildman–Crippen MR) is 65.5 cm³/mol. The van der Waals surface area contributed by atoms with Gasteiger partial charge in [-0.1, -0.05) is 30.3 Å². The molecule has 0 spiro atoms. The van der Waals surface area contributed by atoms with Gasteiger partial charge in [0.15, 0.2) is 0 Å². The first kappa shape index (κ1) is 11.6. The van der Waals surface area contributed by atoms with E-state index in [0.29, 0.717) is 25.1 Å². The van der Waals surface area contributed by atoms with Crippen LogP contribution >= 0.6 is 0 Å². The van der Waals surface area contributed by atoms with Crippen molar-refractivity contribution in [3.8, 4) is 0 Å². The lowest BCUT2D eigenvalue weighted by Crippen LogP contribution is -2.24. The molecule has 0 saturated heterocycles. The summed E-state index contributed by atoms with van der Waals surface area (Å²) in [5, 5.41) is 3.50. The van der Waals surface area contributed by atoms with Crippen molar-refractivity contribution in [2.45, 2.75) is 18.4 Å². The summed E-state index contributed by atoms with van der Waals surface area (Å²) in [6.07, 6.45) is 1.25. The minimum absolute atomic E-state index is 0.607. The molecule has 0 amide bonds. The Morgan fingerprint density at radius 2 is 2.06 bits per heavy atom. The number of rotatable bonds is 7. The highest BCUT2D eigenvalue weighted by Crippen LogP contribution is 2.40. The van der Waals surface area contributed by atoms with E-state index in [9.17, 15) is 0 Å². The van der Waals surface area contributed by atoms with Crippen LogP contribution in [0.3, 0.4) is 0 Å². The smallest absolute Gasteiger partial charge is 0.0591 e. The van der Waals surface area contributed by atoms with Crippen molar-refractivity contribution < 1.29 is 4.74 Å². The summed E-state index contributed by atoms with van der Waals surface area (Å²) in [4.78, 5) is 0. The second kappa shape index (κ2) is 5.99. The zero-order valence-electron chi connectivity index (χ0n) is 9.56. The zero-order chi connectivity index (χ0) is 11.2. The van der Waals surface area contributed by atoms with Gasteiger partial charge >= 0.3 is 0 Å². The van der Waals surface area contributed by atoms with Gasteiger partial charge in [-0.05, 0) is 12.0 Å². The van der Waals surface area contributed by atoms with Gasteiger partial charge in [-0.15, -0.1) is 0 Å². The molecule has 1 aliphatic carbocycles. The number of hydrogen-bond acceptors (Lipinski definition) is 3. The first-order valence-corrected chi connectivity index (χ1v) is 5.98. The second-order valence-electron chi connectivity index (χ2n) is 4.21. The minimum atomic E-state index is 0.607. The molecule has 0 bridgehead atoms. The molecular weight excluding hydrogens is 200 g/mol. The van der Waals surface area contributed by atoms with Crippen molar-refractivity contribution in [2.24, 2.45) is 5.73 Å². The lowest BCUT2D eigenvalue weighted by Gasteiger charge is -2.05. The molecule has 1 saturated carbocycles. The van der Waals surface area contributed by atoms with Crippen LogP contribution in [-0.2, 0) is 4.74 Å². The molecule has 0 heterocycles. The number of nitrogens with two attached hydrogens (primary N) is 1. The normalized spacial score (nSPS) is 23.3. The molecule has 3 N–H and O–H groups in total. The van der Waals surface area contributed by atoms with Gasteiger partial charge in [0.25, 0.3) is 0 Å². The van der Waals surface area contributed by atoms with Crippen LogP contribution < -0.4 is 11.1 Å². The molecule has 1 aliphatic rings. The number of benzene rings is 1. The molecule has 0 radical (unpaired) electrons. The average Bonchev–Trinajstić information content (AvgIpc) is 3.10. The van der Waals surface area contributed by atoms with Gasteiger partial charge in [-0.25, -0.2) is 0 Å². The van der Waals surface area contributed by atoms with Crippen LogP contribution in [0.4, 0.5) is 0 Å². The van der Waals surface area contributed by atoms with Crippen molar-refractivity contribution in [3.63, 3.8) is 0 Å². The van der Waals surface area contributed by atoms with Crippen LogP contribution in [0.1, 0.15) is 17.9 Å². The van der Waals surface area contributed by atoms with E-state index >= 15 is 0 Å². The van der Waals surface area contributed by atoms with Crippen LogP contribution in [0, 0.1) is 0 Å². The topological polar surface area (TPSA) is 47.3 Å². The largest absolute Gasteiger partial charge is 0.379 e. The van der Waals surface area contributed by atoms with Gasteiger partial charge in [0.2, 0.25) is 0 Å². The van der Waals surface area contributed by atoms with Crippen molar-refractivity contribution in [3.05, 3.63) is 35.9 Å². The number of ether oxygens (including phenoxy) is 1. The first-order chi connectivity index (χ1) is 7.92. The van der Waals surface area contributed by atoms with Gasteiger partial charge in [-0.3, -0.25) is 0 Å². The van der Waals surface area contributed by atoms with E-state index in [1.165, 1.54) is 12.0 Å². The maximum Gasteiger partial charge on any atom is 0.0591 e. The van der Waals surface area contributed by atoms with Gasteiger partial charge < -0.3 is 15.8 Å². The molecule has 2 unspecified atom stereocenters. The Kier molecular flexibility index (Phi) is 4.34. The molecule has 2 rings (SSSR count). The van der Waals surface area contributed by atoms with Crippen molar-refractivity contribution in [1.29, 1.82) is 0 Å². The zero-order valence-corrected chi connectivity index (χ0v) is 9.56. The van der Waals surface area contributed by atoms with Crippen LogP contribution in [0.15, 0.2) is 30.3 Å². The van der Waals surface area contributed by atoms with Gasteiger partial charge in [0.05, 0.1) is 13.2 Å². The Labute approximate surface area is 97.0 Å². The highest BCUT2D eigenvalue weighted by molar-refractivity contribution is 5.27. The number of hydrogen-bond donors (Lipinski definition) is 2. The van der Waals surface area contributed by atoms with E-state index in [1.807, 2.05) is 0 Å². The quantitative estimate of drug-likeness (QED) is 0.677. The fraction of sp³-hybridized carbons (Fsp3) is 0.538. The molecule has 3 heteroatoms. The Morgan fingerprint density at radius 3 is 2.81 bits per heavy atom. The van der Waals surface area contributed by atoms with E-state index in [4.69, 9.17) is 10.5 Å². The van der Waals surface area contributed by atoms with Gasteiger partial charge in [-0.2, -0.15) is 0 Å². The summed E-state index contributed by atoms with van der Waals surface area (Å²) >= 11 is 0. The second-order valence-corrected chi connectivity index (χ2v) is 4.21. The summed E-state index contributed by atoms with van der Waals surface area (Å²) in [6.45, 7) is 2.95. The van der Waals surface area contributed by atoms with E-state index in [1.54, 1.807) is 0 Å². The van der Waals surface area contributed by atoms with Crippen molar-refractivity contribution in [1.82, 2.24) is 5.32 Å². The maximum absolute atomic E-state index is 5.34. The Balaban J connectivity index is 1.61. The summed E-state index contributed by atoms with van der Waals surface area (Å²) in [5.41, 5.74) is 6.78. The lowest BCUT2D eigenvalue weighted by atomic mass is 10.1. The summed E-state index contributed by atoms with van der Waals surface area (Å²) in [5.74, 6) is 0.704. The Hall–Kier alpha value is -0.900. The molecule has 88 valence electrons. The molecule has 1 fully saturated rings. The highest BCUT2D eigenvalue weighted by Gasteiger charge is 2.37. The van der Waals surface area contributed by atoms with E-state index in [-0.39, 0.29) is 0 Å². The van der Waals surface area contributed by atoms with Crippen molar-refractivity contribution >= 4 is 0 Å². The van der Waals surface area contributed by atoms with Crippen LogP contribution in [0.5, 0.6) is 0 Å². The molecular formula is C13H20N2O. The van der Waals surface area contributed by atoms with Crippen LogP contribution in [0.25, 0.3) is 0 Å². The van der Waals surface area contributed by atoms with E-state index < -0.39 is 0 Å². The minimum Gasteiger partial charge on any atom is -0.379 e.